The predicted octanol–water partition coefficient (Wildman–Crippen LogP) is 3.93. The average molecular weight is 359 g/mol. The Labute approximate surface area is 143 Å². The molecule has 7 heteroatoms. The van der Waals surface area contributed by atoms with Crippen molar-refractivity contribution >= 4 is 46.4 Å². The van der Waals surface area contributed by atoms with E-state index in [0.29, 0.717) is 0 Å². The number of carbonyl (C=O) groups excluding carboxylic acids is 1. The van der Waals surface area contributed by atoms with Crippen LogP contribution in [0.3, 0.4) is 0 Å². The Morgan fingerprint density at radius 1 is 1.14 bits per heavy atom. The van der Waals surface area contributed by atoms with Crippen LogP contribution in [-0.2, 0) is 0 Å². The molecule has 22 heavy (non-hydrogen) atoms. The first-order chi connectivity index (χ1) is 10.4. The number of amides is 1. The van der Waals surface area contributed by atoms with Gasteiger partial charge in [0.25, 0.3) is 5.91 Å². The maximum Gasteiger partial charge on any atom is 0.271 e. The second kappa shape index (κ2) is 7.18. The standard InChI is InChI=1S/C15H14Cl3N3O/c1-10-6-2-3-7-11(10)20-14(15(16,17)18)21-13(22)12-8-4-5-9-19-12/h2-9,14,20H,1H3,(H,21,22)/t14-/m0/s1. The van der Waals surface area contributed by atoms with Gasteiger partial charge < -0.3 is 10.6 Å². The molecule has 0 aliphatic rings. The van der Waals surface area contributed by atoms with Crippen LogP contribution in [0, 0.1) is 6.92 Å². The Hall–Kier alpha value is -1.49. The normalized spacial score (nSPS) is 12.5. The van der Waals surface area contributed by atoms with Crippen molar-refractivity contribution < 1.29 is 4.79 Å². The minimum atomic E-state index is -1.73. The van der Waals surface area contributed by atoms with Crippen molar-refractivity contribution in [2.75, 3.05) is 5.32 Å². The van der Waals surface area contributed by atoms with Crippen LogP contribution in [0.25, 0.3) is 0 Å². The first-order valence-electron chi connectivity index (χ1n) is 6.48. The molecule has 0 aliphatic heterocycles. The maximum atomic E-state index is 12.2. The molecule has 0 radical (unpaired) electrons. The summed E-state index contributed by atoms with van der Waals surface area (Å²) in [5, 5.41) is 5.67. The number of aryl methyl sites for hydroxylation is 1. The van der Waals surface area contributed by atoms with Gasteiger partial charge in [0, 0.05) is 11.9 Å². The monoisotopic (exact) mass is 357 g/mol. The number of aromatic nitrogens is 1. The lowest BCUT2D eigenvalue weighted by Crippen LogP contribution is -2.49. The quantitative estimate of drug-likeness (QED) is 0.643. The molecule has 1 aromatic carbocycles. The molecule has 2 aromatic rings. The van der Waals surface area contributed by atoms with Gasteiger partial charge in [0.1, 0.15) is 11.9 Å². The lowest BCUT2D eigenvalue weighted by Gasteiger charge is -2.28. The zero-order valence-corrected chi connectivity index (χ0v) is 14.0. The van der Waals surface area contributed by atoms with E-state index < -0.39 is 15.9 Å². The third-order valence-electron chi connectivity index (χ3n) is 2.95. The molecule has 4 nitrogen and oxygen atoms in total. The van der Waals surface area contributed by atoms with Crippen molar-refractivity contribution in [1.29, 1.82) is 0 Å². The van der Waals surface area contributed by atoms with Gasteiger partial charge in [-0.25, -0.2) is 0 Å². The minimum absolute atomic E-state index is 0.244. The molecule has 0 unspecified atom stereocenters. The van der Waals surface area contributed by atoms with Crippen LogP contribution in [0.4, 0.5) is 5.69 Å². The molecule has 1 aromatic heterocycles. The van der Waals surface area contributed by atoms with Gasteiger partial charge in [0.2, 0.25) is 3.79 Å². The lowest BCUT2D eigenvalue weighted by atomic mass is 10.2. The first kappa shape index (κ1) is 16.9. The molecule has 0 saturated carbocycles. The molecule has 2 rings (SSSR count). The summed E-state index contributed by atoms with van der Waals surface area (Å²) in [4.78, 5) is 16.2. The van der Waals surface area contributed by atoms with E-state index in [4.69, 9.17) is 34.8 Å². The molecule has 0 saturated heterocycles. The van der Waals surface area contributed by atoms with Crippen molar-refractivity contribution in [3.8, 4) is 0 Å². The molecule has 1 atom stereocenters. The molecular formula is C15H14Cl3N3O. The summed E-state index contributed by atoms with van der Waals surface area (Å²) in [5.74, 6) is -0.432. The highest BCUT2D eigenvalue weighted by Gasteiger charge is 2.34. The number of nitrogens with zero attached hydrogens (tertiary/aromatic N) is 1. The van der Waals surface area contributed by atoms with Gasteiger partial charge in [-0.3, -0.25) is 9.78 Å². The summed E-state index contributed by atoms with van der Waals surface area (Å²) in [6, 6.07) is 12.5. The Balaban J connectivity index is 2.18. The van der Waals surface area contributed by atoms with Crippen LogP contribution in [0.2, 0.25) is 0 Å². The molecule has 1 heterocycles. The number of rotatable bonds is 4. The van der Waals surface area contributed by atoms with Crippen molar-refractivity contribution in [3.05, 3.63) is 59.9 Å². The van der Waals surface area contributed by atoms with Gasteiger partial charge in [0.15, 0.2) is 0 Å². The molecule has 0 spiro atoms. The van der Waals surface area contributed by atoms with E-state index in [1.807, 2.05) is 31.2 Å². The first-order valence-corrected chi connectivity index (χ1v) is 7.62. The fraction of sp³-hybridized carbons (Fsp3) is 0.200. The van der Waals surface area contributed by atoms with Crippen molar-refractivity contribution in [1.82, 2.24) is 10.3 Å². The summed E-state index contributed by atoms with van der Waals surface area (Å²) < 4.78 is -1.73. The van der Waals surface area contributed by atoms with E-state index in [0.717, 1.165) is 11.3 Å². The maximum absolute atomic E-state index is 12.2. The van der Waals surface area contributed by atoms with E-state index in [1.165, 1.54) is 6.20 Å². The highest BCUT2D eigenvalue weighted by atomic mass is 35.6. The molecule has 0 bridgehead atoms. The van der Waals surface area contributed by atoms with Gasteiger partial charge in [0.05, 0.1) is 0 Å². The number of pyridine rings is 1. The SMILES string of the molecule is Cc1ccccc1N[C@@H](NC(=O)c1ccccn1)C(Cl)(Cl)Cl. The van der Waals surface area contributed by atoms with Crippen LogP contribution < -0.4 is 10.6 Å². The topological polar surface area (TPSA) is 54.0 Å². The van der Waals surface area contributed by atoms with Crippen LogP contribution >= 0.6 is 34.8 Å². The highest BCUT2D eigenvalue weighted by molar-refractivity contribution is 6.68. The fourth-order valence-corrected chi connectivity index (χ4v) is 2.12. The second-order valence-corrected chi connectivity index (χ2v) is 6.99. The van der Waals surface area contributed by atoms with Gasteiger partial charge in [-0.15, -0.1) is 0 Å². The number of hydrogen-bond acceptors (Lipinski definition) is 3. The average Bonchev–Trinajstić information content (AvgIpc) is 2.48. The molecule has 116 valence electrons. The zero-order valence-electron chi connectivity index (χ0n) is 11.7. The van der Waals surface area contributed by atoms with Gasteiger partial charge in [-0.1, -0.05) is 59.1 Å². The van der Waals surface area contributed by atoms with Crippen LogP contribution in [0.15, 0.2) is 48.7 Å². The summed E-state index contributed by atoms with van der Waals surface area (Å²) in [5.41, 5.74) is 1.97. The van der Waals surface area contributed by atoms with Crippen molar-refractivity contribution in [2.45, 2.75) is 16.9 Å². The number of nitrogens with one attached hydrogen (secondary N) is 2. The van der Waals surface area contributed by atoms with Crippen LogP contribution in [0.5, 0.6) is 0 Å². The van der Waals surface area contributed by atoms with E-state index in [2.05, 4.69) is 15.6 Å². The van der Waals surface area contributed by atoms with Crippen LogP contribution in [-0.4, -0.2) is 20.8 Å². The highest BCUT2D eigenvalue weighted by Crippen LogP contribution is 2.31. The Bertz CT molecular complexity index is 644. The summed E-state index contributed by atoms with van der Waals surface area (Å²) >= 11 is 17.9. The Morgan fingerprint density at radius 3 is 2.41 bits per heavy atom. The summed E-state index contributed by atoms with van der Waals surface area (Å²) in [6.45, 7) is 1.92. The van der Waals surface area contributed by atoms with Gasteiger partial charge in [-0.2, -0.15) is 0 Å². The molecule has 2 N–H and O–H groups in total. The molecule has 1 amide bonds. The lowest BCUT2D eigenvalue weighted by molar-refractivity contribution is 0.0937. The van der Waals surface area contributed by atoms with Crippen molar-refractivity contribution in [3.63, 3.8) is 0 Å². The number of benzene rings is 1. The second-order valence-electron chi connectivity index (χ2n) is 4.62. The third-order valence-corrected chi connectivity index (χ3v) is 3.60. The number of anilines is 1. The van der Waals surface area contributed by atoms with Gasteiger partial charge in [-0.05, 0) is 30.7 Å². The smallest absolute Gasteiger partial charge is 0.271 e. The summed E-state index contributed by atoms with van der Waals surface area (Å²) in [7, 11) is 0. The number of para-hydroxylation sites is 1. The van der Waals surface area contributed by atoms with E-state index in [9.17, 15) is 4.79 Å². The van der Waals surface area contributed by atoms with E-state index in [-0.39, 0.29) is 5.69 Å². The molecule has 0 fully saturated rings. The zero-order chi connectivity index (χ0) is 16.2. The molecule has 0 aliphatic carbocycles. The fourth-order valence-electron chi connectivity index (χ4n) is 1.79. The summed E-state index contributed by atoms with van der Waals surface area (Å²) in [6.07, 6.45) is 0.613. The van der Waals surface area contributed by atoms with Gasteiger partial charge >= 0.3 is 0 Å². The number of hydrogen-bond donors (Lipinski definition) is 2. The third kappa shape index (κ3) is 4.50. The van der Waals surface area contributed by atoms with Crippen LogP contribution in [0.1, 0.15) is 16.1 Å². The largest absolute Gasteiger partial charge is 0.362 e. The Morgan fingerprint density at radius 2 is 1.82 bits per heavy atom. The van der Waals surface area contributed by atoms with E-state index >= 15 is 0 Å². The predicted molar refractivity (Wildman–Crippen MR) is 90.6 cm³/mol. The molecular weight excluding hydrogens is 345 g/mol. The minimum Gasteiger partial charge on any atom is -0.362 e. The Kier molecular flexibility index (Phi) is 5.51. The van der Waals surface area contributed by atoms with Crippen molar-refractivity contribution in [2.24, 2.45) is 0 Å². The number of carbonyl (C=O) groups is 1. The number of halogens is 3. The number of alkyl halides is 3. The van der Waals surface area contributed by atoms with E-state index in [1.54, 1.807) is 18.2 Å².